The summed E-state index contributed by atoms with van der Waals surface area (Å²) in [4.78, 5) is 0.149. The molecule has 1 aromatic heterocycles. The van der Waals surface area contributed by atoms with Crippen LogP contribution in [0.15, 0.2) is 35.4 Å². The highest BCUT2D eigenvalue weighted by Gasteiger charge is 2.16. The minimum Gasteiger partial charge on any atom is -0.264 e. The van der Waals surface area contributed by atoms with Crippen LogP contribution in [-0.4, -0.2) is 18.6 Å². The minimum atomic E-state index is -3.65. The quantitative estimate of drug-likeness (QED) is 0.877. The lowest BCUT2D eigenvalue weighted by Gasteiger charge is -2.08. The molecule has 1 aromatic carbocycles. The van der Waals surface area contributed by atoms with Crippen LogP contribution in [0.1, 0.15) is 18.1 Å². The van der Waals surface area contributed by atoms with Crippen LogP contribution in [0, 0.1) is 11.3 Å². The molecule has 2 N–H and O–H groups in total. The molecule has 0 bridgehead atoms. The van der Waals surface area contributed by atoms with Gasteiger partial charge in [0.05, 0.1) is 23.6 Å². The molecular formula is C13H14N4O2S. The summed E-state index contributed by atoms with van der Waals surface area (Å²) < 4.78 is 26.9. The van der Waals surface area contributed by atoms with Crippen molar-refractivity contribution in [3.05, 3.63) is 41.6 Å². The molecule has 0 atom stereocenters. The third kappa shape index (κ3) is 2.97. The maximum atomic E-state index is 12.2. The maximum absolute atomic E-state index is 12.2. The zero-order valence-electron chi connectivity index (χ0n) is 10.9. The molecular weight excluding hydrogens is 276 g/mol. The van der Waals surface area contributed by atoms with Crippen LogP contribution in [0.3, 0.4) is 0 Å². The molecule has 0 saturated carbocycles. The summed E-state index contributed by atoms with van der Waals surface area (Å²) in [7, 11) is -3.65. The van der Waals surface area contributed by atoms with Crippen LogP contribution in [-0.2, 0) is 22.9 Å². The van der Waals surface area contributed by atoms with Crippen LogP contribution in [0.2, 0.25) is 0 Å². The first-order valence-electron chi connectivity index (χ1n) is 6.07. The number of aromatic nitrogens is 2. The molecule has 104 valence electrons. The number of aromatic amines is 1. The van der Waals surface area contributed by atoms with E-state index in [0.717, 1.165) is 11.1 Å². The number of rotatable bonds is 5. The molecule has 6 nitrogen and oxygen atoms in total. The van der Waals surface area contributed by atoms with E-state index < -0.39 is 10.0 Å². The third-order valence-corrected chi connectivity index (χ3v) is 4.22. The Bertz CT molecular complexity index is 726. The predicted molar refractivity (Wildman–Crippen MR) is 74.5 cm³/mol. The molecule has 0 fully saturated rings. The summed E-state index contributed by atoms with van der Waals surface area (Å²) in [6.07, 6.45) is 2.53. The van der Waals surface area contributed by atoms with E-state index in [4.69, 9.17) is 5.26 Å². The predicted octanol–water partition coefficient (Wildman–Crippen LogP) is 1.84. The lowest BCUT2D eigenvalue weighted by atomic mass is 10.2. The molecule has 0 aliphatic heterocycles. The molecule has 0 spiro atoms. The van der Waals surface area contributed by atoms with E-state index in [9.17, 15) is 8.42 Å². The van der Waals surface area contributed by atoms with Crippen molar-refractivity contribution >= 4 is 15.8 Å². The van der Waals surface area contributed by atoms with Gasteiger partial charge in [0, 0.05) is 5.56 Å². The van der Waals surface area contributed by atoms with Crippen LogP contribution in [0.5, 0.6) is 0 Å². The van der Waals surface area contributed by atoms with Gasteiger partial charge in [-0.1, -0.05) is 19.1 Å². The zero-order valence-corrected chi connectivity index (χ0v) is 11.7. The Labute approximate surface area is 117 Å². The van der Waals surface area contributed by atoms with Crippen molar-refractivity contribution < 1.29 is 8.42 Å². The Morgan fingerprint density at radius 3 is 2.65 bits per heavy atom. The highest BCUT2D eigenvalue weighted by molar-refractivity contribution is 7.92. The number of sulfonamides is 1. The van der Waals surface area contributed by atoms with Gasteiger partial charge in [-0.05, 0) is 24.1 Å². The number of benzene rings is 1. The van der Waals surface area contributed by atoms with Crippen molar-refractivity contribution in [3.63, 3.8) is 0 Å². The fourth-order valence-corrected chi connectivity index (χ4v) is 2.80. The van der Waals surface area contributed by atoms with Gasteiger partial charge in [-0.2, -0.15) is 10.4 Å². The normalized spacial score (nSPS) is 11.0. The Kier molecular flexibility index (Phi) is 4.05. The van der Waals surface area contributed by atoms with Gasteiger partial charge in [-0.15, -0.1) is 0 Å². The molecule has 0 saturated heterocycles. The van der Waals surface area contributed by atoms with Crippen LogP contribution in [0.4, 0.5) is 5.82 Å². The first kappa shape index (κ1) is 14.1. The van der Waals surface area contributed by atoms with E-state index in [1.807, 2.05) is 13.0 Å². The van der Waals surface area contributed by atoms with Crippen molar-refractivity contribution in [2.45, 2.75) is 24.7 Å². The van der Waals surface area contributed by atoms with Gasteiger partial charge in [0.1, 0.15) is 5.82 Å². The number of aryl methyl sites for hydroxylation is 1. The van der Waals surface area contributed by atoms with Gasteiger partial charge in [0.2, 0.25) is 0 Å². The maximum Gasteiger partial charge on any atom is 0.263 e. The Balaban J connectivity index is 2.24. The van der Waals surface area contributed by atoms with Crippen LogP contribution in [0.25, 0.3) is 0 Å². The standard InChI is InChI=1S/C13H14N4O2S/c1-2-11-9-15-16-13(11)17-20(18,19)12-5-3-10(4-6-12)7-8-14/h3-6,9H,2,7H2,1H3,(H2,15,16,17). The molecule has 20 heavy (non-hydrogen) atoms. The smallest absolute Gasteiger partial charge is 0.263 e. The Hall–Kier alpha value is -2.33. The van der Waals surface area contributed by atoms with Gasteiger partial charge in [0.25, 0.3) is 10.0 Å². The second-order valence-electron chi connectivity index (χ2n) is 4.21. The third-order valence-electron chi connectivity index (χ3n) is 2.85. The SMILES string of the molecule is CCc1cn[nH]c1NS(=O)(=O)c1ccc(CC#N)cc1. The summed E-state index contributed by atoms with van der Waals surface area (Å²) in [6.45, 7) is 1.92. The number of nitrogens with zero attached hydrogens (tertiary/aromatic N) is 2. The monoisotopic (exact) mass is 290 g/mol. The molecule has 0 unspecified atom stereocenters. The summed E-state index contributed by atoms with van der Waals surface area (Å²) in [6, 6.07) is 8.24. The Morgan fingerprint density at radius 2 is 2.05 bits per heavy atom. The van der Waals surface area contributed by atoms with Gasteiger partial charge in [0.15, 0.2) is 0 Å². The van der Waals surface area contributed by atoms with E-state index in [2.05, 4.69) is 14.9 Å². The van der Waals surface area contributed by atoms with E-state index in [-0.39, 0.29) is 11.3 Å². The van der Waals surface area contributed by atoms with Crippen molar-refractivity contribution in [3.8, 4) is 6.07 Å². The highest BCUT2D eigenvalue weighted by Crippen LogP contribution is 2.18. The Morgan fingerprint density at radius 1 is 1.35 bits per heavy atom. The fourth-order valence-electron chi connectivity index (χ4n) is 1.74. The number of nitrogens with one attached hydrogen (secondary N) is 2. The van der Waals surface area contributed by atoms with Gasteiger partial charge in [-0.25, -0.2) is 8.42 Å². The summed E-state index contributed by atoms with van der Waals surface area (Å²) in [5.74, 6) is 0.383. The van der Waals surface area contributed by atoms with E-state index >= 15 is 0 Å². The van der Waals surface area contributed by atoms with Gasteiger partial charge in [-0.3, -0.25) is 9.82 Å². The zero-order chi connectivity index (χ0) is 14.6. The highest BCUT2D eigenvalue weighted by atomic mass is 32.2. The second-order valence-corrected chi connectivity index (χ2v) is 5.89. The minimum absolute atomic E-state index is 0.149. The first-order valence-corrected chi connectivity index (χ1v) is 7.56. The lowest BCUT2D eigenvalue weighted by molar-refractivity contribution is 0.601. The van der Waals surface area contributed by atoms with Gasteiger partial charge >= 0.3 is 0 Å². The fraction of sp³-hybridized carbons (Fsp3) is 0.231. The number of hydrogen-bond acceptors (Lipinski definition) is 4. The molecule has 0 aliphatic rings. The summed E-state index contributed by atoms with van der Waals surface area (Å²) in [5.41, 5.74) is 1.58. The molecule has 1 heterocycles. The van der Waals surface area contributed by atoms with E-state index in [1.165, 1.54) is 12.1 Å². The molecule has 0 radical (unpaired) electrons. The number of nitriles is 1. The molecule has 2 aromatic rings. The summed E-state index contributed by atoms with van der Waals surface area (Å²) >= 11 is 0. The lowest BCUT2D eigenvalue weighted by Crippen LogP contribution is -2.14. The van der Waals surface area contributed by atoms with Crippen molar-refractivity contribution in [2.24, 2.45) is 0 Å². The summed E-state index contributed by atoms with van der Waals surface area (Å²) in [5, 5.41) is 15.0. The second kappa shape index (κ2) is 5.75. The van der Waals surface area contributed by atoms with Crippen LogP contribution < -0.4 is 4.72 Å². The average molecular weight is 290 g/mol. The molecule has 0 aliphatic carbocycles. The van der Waals surface area contributed by atoms with Crippen LogP contribution >= 0.6 is 0 Å². The molecule has 0 amide bonds. The molecule has 7 heteroatoms. The number of hydrogen-bond donors (Lipinski definition) is 2. The first-order chi connectivity index (χ1) is 9.56. The number of H-pyrrole nitrogens is 1. The van der Waals surface area contributed by atoms with Gasteiger partial charge < -0.3 is 0 Å². The van der Waals surface area contributed by atoms with E-state index in [0.29, 0.717) is 12.2 Å². The largest absolute Gasteiger partial charge is 0.264 e. The molecule has 2 rings (SSSR count). The van der Waals surface area contributed by atoms with Crippen molar-refractivity contribution in [1.29, 1.82) is 5.26 Å². The average Bonchev–Trinajstić information content (AvgIpc) is 2.86. The van der Waals surface area contributed by atoms with E-state index in [1.54, 1.807) is 18.3 Å². The van der Waals surface area contributed by atoms with Crippen molar-refractivity contribution in [2.75, 3.05) is 4.72 Å². The van der Waals surface area contributed by atoms with Crippen molar-refractivity contribution in [1.82, 2.24) is 10.2 Å². The number of anilines is 1. The topological polar surface area (TPSA) is 98.6 Å².